The van der Waals surface area contributed by atoms with E-state index in [-0.39, 0.29) is 12.5 Å². The molecule has 1 heterocycles. The SMILES string of the molecule is C#CCOc1c(Br)cc(C=C2SC(=Nc3ccccc3)NC2=O)cc1Br. The molecule has 1 saturated heterocycles. The van der Waals surface area contributed by atoms with Gasteiger partial charge in [0.05, 0.1) is 19.5 Å². The van der Waals surface area contributed by atoms with Crippen LogP contribution in [0.2, 0.25) is 0 Å². The molecule has 2 aromatic carbocycles. The maximum Gasteiger partial charge on any atom is 0.264 e. The van der Waals surface area contributed by atoms with Crippen molar-refractivity contribution in [3.05, 3.63) is 61.9 Å². The number of hydrogen-bond acceptors (Lipinski definition) is 4. The van der Waals surface area contributed by atoms with Crippen LogP contribution in [0.1, 0.15) is 5.56 Å². The van der Waals surface area contributed by atoms with Gasteiger partial charge in [0.2, 0.25) is 0 Å². The second kappa shape index (κ2) is 8.58. The number of halogens is 2. The van der Waals surface area contributed by atoms with Gasteiger partial charge < -0.3 is 10.1 Å². The second-order valence-electron chi connectivity index (χ2n) is 5.12. The van der Waals surface area contributed by atoms with Crippen molar-refractivity contribution in [3.8, 4) is 18.1 Å². The highest BCUT2D eigenvalue weighted by Crippen LogP contribution is 2.36. The number of terminal acetylenes is 1. The average Bonchev–Trinajstić information content (AvgIpc) is 2.94. The Hall–Kier alpha value is -2.01. The smallest absolute Gasteiger partial charge is 0.264 e. The fraction of sp³-hybridized carbons (Fsp3) is 0.0526. The number of benzene rings is 2. The summed E-state index contributed by atoms with van der Waals surface area (Å²) in [6.07, 6.45) is 7.02. The first-order valence-electron chi connectivity index (χ1n) is 7.47. The lowest BCUT2D eigenvalue weighted by atomic mass is 10.2. The third-order valence-corrected chi connectivity index (χ3v) is 5.34. The van der Waals surface area contributed by atoms with Gasteiger partial charge in [-0.2, -0.15) is 0 Å². The molecule has 1 aliphatic heterocycles. The van der Waals surface area contributed by atoms with Crippen LogP contribution in [0.25, 0.3) is 6.08 Å². The fourth-order valence-electron chi connectivity index (χ4n) is 2.17. The predicted octanol–water partition coefficient (Wildman–Crippen LogP) is 5.12. The maximum atomic E-state index is 12.2. The first-order valence-corrected chi connectivity index (χ1v) is 9.87. The number of carbonyl (C=O) groups excluding carboxylic acids is 1. The van der Waals surface area contributed by atoms with E-state index in [0.29, 0.717) is 15.8 Å². The van der Waals surface area contributed by atoms with Gasteiger partial charge in [-0.1, -0.05) is 24.1 Å². The second-order valence-corrected chi connectivity index (χ2v) is 7.86. The van der Waals surface area contributed by atoms with E-state index in [1.807, 2.05) is 42.5 Å². The first kappa shape index (κ1) is 18.8. The van der Waals surface area contributed by atoms with Crippen molar-refractivity contribution in [1.29, 1.82) is 0 Å². The van der Waals surface area contributed by atoms with Crippen LogP contribution in [-0.4, -0.2) is 17.7 Å². The van der Waals surface area contributed by atoms with Crippen LogP contribution in [0.15, 0.2) is 61.3 Å². The molecule has 0 radical (unpaired) electrons. The average molecular weight is 492 g/mol. The maximum absolute atomic E-state index is 12.2. The Morgan fingerprint density at radius 1 is 1.23 bits per heavy atom. The number of aliphatic imine (C=N–C) groups is 1. The zero-order valence-corrected chi connectivity index (χ0v) is 17.3. The van der Waals surface area contributed by atoms with Gasteiger partial charge in [-0.15, -0.1) is 6.42 Å². The van der Waals surface area contributed by atoms with Gasteiger partial charge in [-0.25, -0.2) is 4.99 Å². The molecule has 26 heavy (non-hydrogen) atoms. The monoisotopic (exact) mass is 490 g/mol. The van der Waals surface area contributed by atoms with Gasteiger partial charge in [0, 0.05) is 0 Å². The van der Waals surface area contributed by atoms with Crippen molar-refractivity contribution < 1.29 is 9.53 Å². The molecule has 1 N–H and O–H groups in total. The molecule has 1 amide bonds. The number of nitrogens with zero attached hydrogens (tertiary/aromatic N) is 1. The number of amidine groups is 1. The molecule has 0 aromatic heterocycles. The highest BCUT2D eigenvalue weighted by molar-refractivity contribution is 9.11. The number of hydrogen-bond donors (Lipinski definition) is 1. The molecule has 3 rings (SSSR count). The normalized spacial score (nSPS) is 16.6. The van der Waals surface area contributed by atoms with Crippen LogP contribution in [0.5, 0.6) is 5.75 Å². The van der Waals surface area contributed by atoms with Crippen molar-refractivity contribution in [2.75, 3.05) is 6.61 Å². The zero-order valence-electron chi connectivity index (χ0n) is 13.3. The van der Waals surface area contributed by atoms with E-state index < -0.39 is 0 Å². The molecule has 0 spiro atoms. The Balaban J connectivity index is 1.83. The van der Waals surface area contributed by atoms with E-state index in [0.717, 1.165) is 20.2 Å². The van der Waals surface area contributed by atoms with E-state index >= 15 is 0 Å². The topological polar surface area (TPSA) is 50.7 Å². The number of amides is 1. The van der Waals surface area contributed by atoms with Crippen molar-refractivity contribution in [3.63, 3.8) is 0 Å². The lowest BCUT2D eigenvalue weighted by Gasteiger charge is -2.09. The number of para-hydroxylation sites is 1. The van der Waals surface area contributed by atoms with E-state index in [9.17, 15) is 4.79 Å². The highest BCUT2D eigenvalue weighted by atomic mass is 79.9. The third kappa shape index (κ3) is 4.58. The largest absolute Gasteiger partial charge is 0.479 e. The summed E-state index contributed by atoms with van der Waals surface area (Å²) in [5.74, 6) is 2.88. The zero-order chi connectivity index (χ0) is 18.5. The molecule has 0 atom stereocenters. The highest BCUT2D eigenvalue weighted by Gasteiger charge is 2.24. The number of nitrogens with one attached hydrogen (secondary N) is 1. The molecule has 0 aliphatic carbocycles. The van der Waals surface area contributed by atoms with Gasteiger partial charge in [0.15, 0.2) is 5.17 Å². The Labute approximate surface area is 172 Å². The summed E-state index contributed by atoms with van der Waals surface area (Å²) in [6, 6.07) is 13.2. The van der Waals surface area contributed by atoms with Crippen LogP contribution in [0.3, 0.4) is 0 Å². The first-order chi connectivity index (χ1) is 12.6. The predicted molar refractivity (Wildman–Crippen MR) is 113 cm³/mol. The molecule has 0 saturated carbocycles. The van der Waals surface area contributed by atoms with Crippen molar-refractivity contribution in [2.24, 2.45) is 4.99 Å². The molecule has 130 valence electrons. The molecule has 2 aromatic rings. The number of thioether (sulfide) groups is 1. The lowest BCUT2D eigenvalue weighted by Crippen LogP contribution is -2.19. The summed E-state index contributed by atoms with van der Waals surface area (Å²) >= 11 is 8.23. The van der Waals surface area contributed by atoms with Crippen LogP contribution >= 0.6 is 43.6 Å². The summed E-state index contributed by atoms with van der Waals surface area (Å²) in [4.78, 5) is 17.2. The van der Waals surface area contributed by atoms with Gasteiger partial charge in [0.1, 0.15) is 12.4 Å². The minimum atomic E-state index is -0.176. The Bertz CT molecular complexity index is 927. The minimum Gasteiger partial charge on any atom is -0.479 e. The Kier molecular flexibility index (Phi) is 6.20. The number of ether oxygens (including phenoxy) is 1. The van der Waals surface area contributed by atoms with E-state index in [2.05, 4.69) is 48.1 Å². The van der Waals surface area contributed by atoms with Crippen molar-refractivity contribution >= 4 is 66.5 Å². The summed E-state index contributed by atoms with van der Waals surface area (Å²) in [6.45, 7) is 0.176. The molecule has 0 bridgehead atoms. The molecular formula is C19H12Br2N2O2S. The summed E-state index contributed by atoms with van der Waals surface area (Å²) < 4.78 is 6.98. The quantitative estimate of drug-likeness (QED) is 0.477. The van der Waals surface area contributed by atoms with E-state index in [1.165, 1.54) is 11.8 Å². The van der Waals surface area contributed by atoms with Crippen LogP contribution < -0.4 is 10.1 Å². The van der Waals surface area contributed by atoms with E-state index in [1.54, 1.807) is 6.08 Å². The Morgan fingerprint density at radius 3 is 2.58 bits per heavy atom. The molecule has 1 fully saturated rings. The molecule has 4 nitrogen and oxygen atoms in total. The third-order valence-electron chi connectivity index (χ3n) is 3.26. The van der Waals surface area contributed by atoms with Gasteiger partial charge in [-0.3, -0.25) is 4.79 Å². The van der Waals surface area contributed by atoms with Crippen LogP contribution in [-0.2, 0) is 4.79 Å². The van der Waals surface area contributed by atoms with Gasteiger partial charge in [-0.05, 0) is 79.5 Å². The van der Waals surface area contributed by atoms with E-state index in [4.69, 9.17) is 11.2 Å². The Morgan fingerprint density at radius 2 is 1.92 bits per heavy atom. The summed E-state index contributed by atoms with van der Waals surface area (Å²) in [5, 5.41) is 3.33. The minimum absolute atomic E-state index is 0.176. The summed E-state index contributed by atoms with van der Waals surface area (Å²) in [5.41, 5.74) is 1.63. The van der Waals surface area contributed by atoms with Crippen molar-refractivity contribution in [2.45, 2.75) is 0 Å². The molecule has 0 unspecified atom stereocenters. The molecule has 1 aliphatic rings. The summed E-state index contributed by atoms with van der Waals surface area (Å²) in [7, 11) is 0. The van der Waals surface area contributed by atoms with Crippen molar-refractivity contribution in [1.82, 2.24) is 5.32 Å². The van der Waals surface area contributed by atoms with Gasteiger partial charge in [0.25, 0.3) is 5.91 Å². The van der Waals surface area contributed by atoms with Gasteiger partial charge >= 0.3 is 0 Å². The standard InChI is InChI=1S/C19H12Br2N2O2S/c1-2-8-25-17-14(20)9-12(10-15(17)21)11-16-18(24)23-19(26-16)22-13-6-4-3-5-7-13/h1,3-7,9-11H,8H2,(H,22,23,24). The molecular weight excluding hydrogens is 480 g/mol. The molecule has 7 heteroatoms. The number of rotatable bonds is 4. The lowest BCUT2D eigenvalue weighted by molar-refractivity contribution is -0.115. The number of carbonyl (C=O) groups is 1. The van der Waals surface area contributed by atoms with Crippen LogP contribution in [0, 0.1) is 12.3 Å². The van der Waals surface area contributed by atoms with Crippen LogP contribution in [0.4, 0.5) is 5.69 Å². The fourth-order valence-corrected chi connectivity index (χ4v) is 4.46.